The molecule has 0 aliphatic heterocycles. The summed E-state index contributed by atoms with van der Waals surface area (Å²) in [4.78, 5) is 28.7. The van der Waals surface area contributed by atoms with Gasteiger partial charge < -0.3 is 36.4 Å². The highest BCUT2D eigenvalue weighted by Crippen LogP contribution is 2.56. The van der Waals surface area contributed by atoms with E-state index in [1.807, 2.05) is 6.92 Å². The lowest BCUT2D eigenvalue weighted by Crippen LogP contribution is -2.70. The number of aliphatic hydroxyl groups is 5. The normalized spacial score (nSPS) is 33.2. The van der Waals surface area contributed by atoms with Gasteiger partial charge in [0.25, 0.3) is 0 Å². The molecule has 2 unspecified atom stereocenters. The van der Waals surface area contributed by atoms with Gasteiger partial charge in [-0.05, 0) is 32.1 Å². The predicted octanol–water partition coefficient (Wildman–Crippen LogP) is -0.574. The number of rotatable bonds is 6. The van der Waals surface area contributed by atoms with E-state index < -0.39 is 86.8 Å². The zero-order chi connectivity index (χ0) is 27.6. The van der Waals surface area contributed by atoms with Gasteiger partial charge >= 0.3 is 0 Å². The Morgan fingerprint density at radius 3 is 2.41 bits per heavy atom. The number of phenols is 1. The molecular weight excluding hydrogens is 504 g/mol. The Balaban J connectivity index is 2.03. The van der Waals surface area contributed by atoms with Crippen molar-refractivity contribution in [3.05, 3.63) is 46.2 Å². The van der Waals surface area contributed by atoms with Crippen LogP contribution in [0.3, 0.4) is 0 Å². The molecule has 4 rings (SSSR count). The molecule has 1 saturated carbocycles. The van der Waals surface area contributed by atoms with Crippen LogP contribution in [0.25, 0.3) is 5.76 Å². The smallest absolute Gasteiger partial charge is 0.202 e. The highest BCUT2D eigenvalue weighted by molar-refractivity contribution is 7.85. The molecule has 3 aliphatic carbocycles. The van der Waals surface area contributed by atoms with Crippen LogP contribution in [0.1, 0.15) is 30.4 Å². The molecule has 0 bridgehead atoms. The maximum absolute atomic E-state index is 14.0. The van der Waals surface area contributed by atoms with Crippen LogP contribution >= 0.6 is 0 Å². The van der Waals surface area contributed by atoms with E-state index in [1.165, 1.54) is 31.1 Å². The van der Waals surface area contributed by atoms with E-state index in [4.69, 9.17) is 5.73 Å². The maximum Gasteiger partial charge on any atom is 0.202 e. The second-order valence-corrected chi connectivity index (χ2v) is 11.7. The summed E-state index contributed by atoms with van der Waals surface area (Å²) in [5.41, 5.74) is 1.58. The van der Waals surface area contributed by atoms with Gasteiger partial charge in [-0.15, -0.1) is 0 Å². The van der Waals surface area contributed by atoms with E-state index in [-0.39, 0.29) is 17.1 Å². The molecule has 3 aliphatic rings. The first-order valence-corrected chi connectivity index (χ1v) is 13.4. The quantitative estimate of drug-likeness (QED) is 0.229. The summed E-state index contributed by atoms with van der Waals surface area (Å²) in [6.45, 7) is 1.85. The summed E-state index contributed by atoms with van der Waals surface area (Å²) >= 11 is 0. The minimum atomic E-state index is -2.92. The molecule has 0 amide bonds. The third-order valence-corrected chi connectivity index (χ3v) is 9.28. The van der Waals surface area contributed by atoms with Gasteiger partial charge in [0.1, 0.15) is 23.5 Å². The van der Waals surface area contributed by atoms with E-state index in [0.29, 0.717) is 17.7 Å². The van der Waals surface area contributed by atoms with Crippen LogP contribution in [0.4, 0.5) is 0 Å². The third kappa shape index (κ3) is 3.85. The predicted molar refractivity (Wildman–Crippen MR) is 134 cm³/mol. The molecule has 11 nitrogen and oxygen atoms in total. The Hall–Kier alpha value is -2.61. The molecule has 1 aromatic carbocycles. The second kappa shape index (κ2) is 9.61. The zero-order valence-electron chi connectivity index (χ0n) is 20.7. The Bertz CT molecular complexity index is 1240. The molecule has 0 aromatic heterocycles. The van der Waals surface area contributed by atoms with E-state index in [2.05, 4.69) is 0 Å². The molecule has 0 heterocycles. The number of phenolic OH excluding ortho intramolecular Hbond substituents is 1. The monoisotopic (exact) mass is 536 g/mol. The molecule has 0 radical (unpaired) electrons. The van der Waals surface area contributed by atoms with Crippen LogP contribution in [0.15, 0.2) is 35.1 Å². The number of likely N-dealkylation sites (N-methyl/N-ethyl adjacent to an activating group) is 1. The standard InChI is InChI=1S/C25H32N2O9S/c1-4-8-37(36)9-11-10-6-5-7-12(28)13(10)19(29)15-14(11)20(30)17-18(27(2)3)21(31)16(24(26)34)23(33)25(17,35)22(15)32/h5-7,11,14,17-18,20,24,28-30,33-35H,4,8-9,26H2,1-3H3/t11-,14+,17+,18-,20-,24?,25-,37?/m0/s1. The van der Waals surface area contributed by atoms with Crippen molar-refractivity contribution in [2.45, 2.75) is 43.2 Å². The summed E-state index contributed by atoms with van der Waals surface area (Å²) < 4.78 is 12.9. The maximum atomic E-state index is 14.0. The fraction of sp³-hybridized carbons (Fsp3) is 0.520. The molecule has 8 N–H and O–H groups in total. The molecule has 12 heteroatoms. The number of carbonyl (C=O) groups excluding carboxylic acids is 2. The van der Waals surface area contributed by atoms with Crippen LogP contribution < -0.4 is 5.73 Å². The first-order chi connectivity index (χ1) is 17.3. The minimum Gasteiger partial charge on any atom is -0.508 e. The number of aliphatic hydroxyl groups excluding tert-OH is 4. The van der Waals surface area contributed by atoms with Crippen molar-refractivity contribution in [1.82, 2.24) is 4.90 Å². The van der Waals surface area contributed by atoms with Crippen LogP contribution in [0.5, 0.6) is 5.75 Å². The fourth-order valence-electron chi connectivity index (χ4n) is 6.18. The number of ketones is 2. The first-order valence-electron chi connectivity index (χ1n) is 11.9. The molecule has 0 saturated heterocycles. The number of carbonyl (C=O) groups is 2. The van der Waals surface area contributed by atoms with Crippen molar-refractivity contribution in [2.75, 3.05) is 25.6 Å². The number of nitrogens with zero attached hydrogens (tertiary/aromatic N) is 1. The average Bonchev–Trinajstić information content (AvgIpc) is 2.80. The van der Waals surface area contributed by atoms with Crippen LogP contribution in [0, 0.1) is 11.8 Å². The molecule has 8 atom stereocenters. The van der Waals surface area contributed by atoms with Crippen LogP contribution in [0.2, 0.25) is 0 Å². The summed E-state index contributed by atoms with van der Waals surface area (Å²) in [6.07, 6.45) is -3.13. The minimum absolute atomic E-state index is 0.0314. The van der Waals surface area contributed by atoms with Crippen molar-refractivity contribution in [3.63, 3.8) is 0 Å². The van der Waals surface area contributed by atoms with E-state index in [9.17, 15) is 44.4 Å². The number of hydrogen-bond acceptors (Lipinski definition) is 11. The molecule has 37 heavy (non-hydrogen) atoms. The molecule has 1 fully saturated rings. The summed E-state index contributed by atoms with van der Waals surface area (Å²) in [6, 6.07) is 3.01. The van der Waals surface area contributed by atoms with Gasteiger partial charge in [-0.1, -0.05) is 19.1 Å². The topological polar surface area (TPSA) is 202 Å². The SMILES string of the molecule is CCCS(=O)C[C@H]1c2cccc(O)c2C(O)=C2C(=O)[C@]3(O)C(O)=C(C(N)O)C(=O)[C@@H](N(C)C)[C@@H]3[C@@H](O)[C@@H]21. The Morgan fingerprint density at radius 1 is 1.19 bits per heavy atom. The second-order valence-electron chi connectivity index (χ2n) is 10.0. The van der Waals surface area contributed by atoms with Crippen molar-refractivity contribution >= 4 is 28.1 Å². The van der Waals surface area contributed by atoms with Crippen molar-refractivity contribution in [3.8, 4) is 5.75 Å². The van der Waals surface area contributed by atoms with Crippen LogP contribution in [-0.2, 0) is 20.4 Å². The lowest BCUT2D eigenvalue weighted by atomic mass is 9.54. The van der Waals surface area contributed by atoms with Crippen LogP contribution in [-0.4, -0.2) is 101 Å². The fourth-order valence-corrected chi connectivity index (χ4v) is 7.59. The van der Waals surface area contributed by atoms with Crippen molar-refractivity contribution < 1.29 is 44.4 Å². The molecule has 202 valence electrons. The molecule has 0 spiro atoms. The largest absolute Gasteiger partial charge is 0.508 e. The van der Waals surface area contributed by atoms with Gasteiger partial charge in [0, 0.05) is 39.7 Å². The third-order valence-electron chi connectivity index (χ3n) is 7.68. The highest BCUT2D eigenvalue weighted by Gasteiger charge is 2.68. The van der Waals surface area contributed by atoms with Gasteiger partial charge in [-0.3, -0.25) is 18.7 Å². The highest BCUT2D eigenvalue weighted by atomic mass is 32.2. The molecule has 1 aromatic rings. The van der Waals surface area contributed by atoms with E-state index in [0.717, 1.165) is 0 Å². The Labute approximate surface area is 216 Å². The van der Waals surface area contributed by atoms with Gasteiger partial charge in [0.2, 0.25) is 5.78 Å². The number of nitrogens with two attached hydrogens (primary N) is 1. The van der Waals surface area contributed by atoms with Gasteiger partial charge in [-0.2, -0.15) is 0 Å². The van der Waals surface area contributed by atoms with Gasteiger partial charge in [0.15, 0.2) is 11.4 Å². The van der Waals surface area contributed by atoms with E-state index >= 15 is 0 Å². The van der Waals surface area contributed by atoms with Gasteiger partial charge in [0.05, 0.1) is 29.2 Å². The number of fused-ring (bicyclic) bond motifs is 3. The number of Topliss-reactive ketones (excluding diaryl/α,β-unsaturated/α-hetero) is 2. The first kappa shape index (κ1) is 27.4. The van der Waals surface area contributed by atoms with Gasteiger partial charge in [-0.25, -0.2) is 0 Å². The Morgan fingerprint density at radius 2 is 1.84 bits per heavy atom. The lowest BCUT2D eigenvalue weighted by molar-refractivity contribution is -0.170. The summed E-state index contributed by atoms with van der Waals surface area (Å²) in [5, 5.41) is 66.3. The van der Waals surface area contributed by atoms with E-state index in [1.54, 1.807) is 6.07 Å². The number of aromatic hydroxyl groups is 1. The summed E-state index contributed by atoms with van der Waals surface area (Å²) in [5.74, 6) is -7.74. The van der Waals surface area contributed by atoms with Crippen molar-refractivity contribution in [2.24, 2.45) is 17.6 Å². The number of hydrogen-bond donors (Lipinski definition) is 7. The van der Waals surface area contributed by atoms with Crippen molar-refractivity contribution in [1.29, 1.82) is 0 Å². The lowest BCUT2D eigenvalue weighted by Gasteiger charge is -2.54. The average molecular weight is 537 g/mol. The molecular formula is C25H32N2O9S. The Kier molecular flexibility index (Phi) is 7.12. The number of benzene rings is 1. The zero-order valence-corrected chi connectivity index (χ0v) is 21.5. The summed E-state index contributed by atoms with van der Waals surface area (Å²) in [7, 11) is 1.53.